The van der Waals surface area contributed by atoms with Crippen LogP contribution in [0.2, 0.25) is 0 Å². The summed E-state index contributed by atoms with van der Waals surface area (Å²) in [5.41, 5.74) is 2.12. The molecule has 5 heteroatoms. The number of phenols is 1. The average molecular weight is 320 g/mol. The number of carbonyl (C=O) groups excluding carboxylic acids is 1. The molecule has 0 aliphatic rings. The zero-order valence-corrected chi connectivity index (χ0v) is 12.8. The van der Waals surface area contributed by atoms with Gasteiger partial charge in [0.1, 0.15) is 5.75 Å². The molecule has 1 aromatic heterocycles. The summed E-state index contributed by atoms with van der Waals surface area (Å²) in [6.45, 7) is 0. The minimum Gasteiger partial charge on any atom is -0.508 e. The van der Waals surface area contributed by atoms with E-state index in [-0.39, 0.29) is 11.7 Å². The van der Waals surface area contributed by atoms with Gasteiger partial charge in [-0.1, -0.05) is 12.1 Å². The number of nitrogens with zero attached hydrogens (tertiary/aromatic N) is 1. The average Bonchev–Trinajstić information content (AvgIpc) is 3.07. The van der Waals surface area contributed by atoms with Crippen LogP contribution in [0.4, 0.5) is 5.69 Å². The fraction of sp³-hybridized carbons (Fsp3) is 0. The van der Waals surface area contributed by atoms with Gasteiger partial charge in [-0.05, 0) is 54.1 Å². The third-order valence-corrected chi connectivity index (χ3v) is 4.36. The molecule has 0 aliphatic carbocycles. The van der Waals surface area contributed by atoms with E-state index in [1.54, 1.807) is 30.3 Å². The number of amides is 1. The van der Waals surface area contributed by atoms with Crippen molar-refractivity contribution in [2.24, 2.45) is 0 Å². The molecule has 0 saturated carbocycles. The maximum Gasteiger partial charge on any atom is 0.265 e. The summed E-state index contributed by atoms with van der Waals surface area (Å²) in [6.07, 6.45) is 0. The Morgan fingerprint density at radius 2 is 1.87 bits per heavy atom. The highest BCUT2D eigenvalue weighted by atomic mass is 32.1. The first-order valence-electron chi connectivity index (χ1n) is 6.86. The summed E-state index contributed by atoms with van der Waals surface area (Å²) < 4.78 is 0. The van der Waals surface area contributed by atoms with Crippen LogP contribution in [0, 0.1) is 11.3 Å². The zero-order valence-electron chi connectivity index (χ0n) is 12.0. The monoisotopic (exact) mass is 320 g/mol. The molecule has 0 fully saturated rings. The second-order valence-electron chi connectivity index (χ2n) is 4.86. The molecule has 1 heterocycles. The minimum absolute atomic E-state index is 0.152. The maximum absolute atomic E-state index is 12.3. The van der Waals surface area contributed by atoms with Crippen molar-refractivity contribution in [2.45, 2.75) is 0 Å². The molecule has 0 unspecified atom stereocenters. The molecule has 0 saturated heterocycles. The van der Waals surface area contributed by atoms with Crippen LogP contribution < -0.4 is 5.32 Å². The SMILES string of the molecule is N#Cc1cccc(-c2ccc(C(=O)Nc3ccc(O)cc3)s2)c1. The van der Waals surface area contributed by atoms with Gasteiger partial charge in [0.25, 0.3) is 5.91 Å². The van der Waals surface area contributed by atoms with E-state index in [4.69, 9.17) is 5.26 Å². The van der Waals surface area contributed by atoms with E-state index in [0.29, 0.717) is 16.1 Å². The first kappa shape index (κ1) is 14.8. The van der Waals surface area contributed by atoms with Crippen molar-refractivity contribution in [1.82, 2.24) is 0 Å². The van der Waals surface area contributed by atoms with Gasteiger partial charge in [-0.15, -0.1) is 11.3 Å². The molecule has 3 rings (SSSR count). The lowest BCUT2D eigenvalue weighted by molar-refractivity contribution is 0.103. The van der Waals surface area contributed by atoms with Crippen molar-refractivity contribution in [2.75, 3.05) is 5.32 Å². The molecule has 0 spiro atoms. The fourth-order valence-corrected chi connectivity index (χ4v) is 2.99. The fourth-order valence-electron chi connectivity index (χ4n) is 2.09. The Labute approximate surface area is 137 Å². The van der Waals surface area contributed by atoms with Crippen LogP contribution in [0.3, 0.4) is 0 Å². The number of nitriles is 1. The molecule has 0 bridgehead atoms. The van der Waals surface area contributed by atoms with E-state index in [2.05, 4.69) is 11.4 Å². The van der Waals surface area contributed by atoms with Crippen molar-refractivity contribution in [3.63, 3.8) is 0 Å². The van der Waals surface area contributed by atoms with Crippen LogP contribution in [-0.2, 0) is 0 Å². The number of carbonyl (C=O) groups is 1. The number of benzene rings is 2. The largest absolute Gasteiger partial charge is 0.508 e. The van der Waals surface area contributed by atoms with E-state index in [0.717, 1.165) is 10.4 Å². The van der Waals surface area contributed by atoms with E-state index >= 15 is 0 Å². The number of hydrogen-bond donors (Lipinski definition) is 2. The van der Waals surface area contributed by atoms with Crippen LogP contribution in [-0.4, -0.2) is 11.0 Å². The summed E-state index contributed by atoms with van der Waals surface area (Å²) in [6, 6.07) is 19.3. The first-order chi connectivity index (χ1) is 11.2. The Kier molecular flexibility index (Phi) is 4.09. The molecule has 3 aromatic rings. The number of phenolic OH excluding ortho intramolecular Hbond substituents is 1. The number of nitrogens with one attached hydrogen (secondary N) is 1. The van der Waals surface area contributed by atoms with Crippen molar-refractivity contribution >= 4 is 22.9 Å². The topological polar surface area (TPSA) is 73.1 Å². The summed E-state index contributed by atoms with van der Waals surface area (Å²) in [4.78, 5) is 13.8. The maximum atomic E-state index is 12.3. The normalized spacial score (nSPS) is 10.0. The molecule has 23 heavy (non-hydrogen) atoms. The summed E-state index contributed by atoms with van der Waals surface area (Å²) in [5, 5.41) is 21.0. The Bertz CT molecular complexity index is 892. The molecule has 0 radical (unpaired) electrons. The van der Waals surface area contributed by atoms with E-state index in [1.807, 2.05) is 18.2 Å². The molecule has 0 atom stereocenters. The van der Waals surface area contributed by atoms with Gasteiger partial charge >= 0.3 is 0 Å². The highest BCUT2D eigenvalue weighted by Crippen LogP contribution is 2.29. The lowest BCUT2D eigenvalue weighted by atomic mass is 10.1. The van der Waals surface area contributed by atoms with Crippen LogP contribution in [0.1, 0.15) is 15.2 Å². The predicted molar refractivity (Wildman–Crippen MR) is 90.5 cm³/mol. The molecular formula is C18H12N2O2S. The van der Waals surface area contributed by atoms with Gasteiger partial charge in [0.15, 0.2) is 0 Å². The summed E-state index contributed by atoms with van der Waals surface area (Å²) in [5.74, 6) is -0.0536. The molecule has 2 N–H and O–H groups in total. The second-order valence-corrected chi connectivity index (χ2v) is 5.94. The van der Waals surface area contributed by atoms with Crippen LogP contribution in [0.25, 0.3) is 10.4 Å². The van der Waals surface area contributed by atoms with E-state index < -0.39 is 0 Å². The summed E-state index contributed by atoms with van der Waals surface area (Å²) >= 11 is 1.36. The van der Waals surface area contributed by atoms with Gasteiger partial charge in [0.2, 0.25) is 0 Å². The first-order valence-corrected chi connectivity index (χ1v) is 7.68. The molecular weight excluding hydrogens is 308 g/mol. The van der Waals surface area contributed by atoms with Crippen molar-refractivity contribution < 1.29 is 9.90 Å². The molecule has 112 valence electrons. The Balaban J connectivity index is 1.79. The second kappa shape index (κ2) is 6.34. The lowest BCUT2D eigenvalue weighted by Crippen LogP contribution is -2.09. The predicted octanol–water partition coefficient (Wildman–Crippen LogP) is 4.24. The van der Waals surface area contributed by atoms with Gasteiger partial charge in [0, 0.05) is 10.6 Å². The van der Waals surface area contributed by atoms with Crippen molar-refractivity contribution in [3.8, 4) is 22.3 Å². The molecule has 2 aromatic carbocycles. The third kappa shape index (κ3) is 3.39. The van der Waals surface area contributed by atoms with E-state index in [1.165, 1.54) is 23.5 Å². The van der Waals surface area contributed by atoms with Gasteiger partial charge in [-0.25, -0.2) is 0 Å². The van der Waals surface area contributed by atoms with Crippen LogP contribution in [0.15, 0.2) is 60.7 Å². The van der Waals surface area contributed by atoms with Gasteiger partial charge in [0.05, 0.1) is 16.5 Å². The third-order valence-electron chi connectivity index (χ3n) is 3.23. The summed E-state index contributed by atoms with van der Waals surface area (Å²) in [7, 11) is 0. The molecule has 1 amide bonds. The quantitative estimate of drug-likeness (QED) is 0.709. The van der Waals surface area contributed by atoms with Crippen LogP contribution >= 0.6 is 11.3 Å². The number of thiophene rings is 1. The highest BCUT2D eigenvalue weighted by Gasteiger charge is 2.11. The van der Waals surface area contributed by atoms with Crippen LogP contribution in [0.5, 0.6) is 5.75 Å². The Morgan fingerprint density at radius 1 is 1.09 bits per heavy atom. The minimum atomic E-state index is -0.205. The smallest absolute Gasteiger partial charge is 0.265 e. The van der Waals surface area contributed by atoms with Gasteiger partial charge in [-0.3, -0.25) is 4.79 Å². The standard InChI is InChI=1S/C18H12N2O2S/c19-11-12-2-1-3-13(10-12)16-8-9-17(23-16)18(22)20-14-4-6-15(21)7-5-14/h1-10,21H,(H,20,22). The Morgan fingerprint density at radius 3 is 2.61 bits per heavy atom. The molecule has 4 nitrogen and oxygen atoms in total. The number of rotatable bonds is 3. The van der Waals surface area contributed by atoms with Gasteiger partial charge in [-0.2, -0.15) is 5.26 Å². The van der Waals surface area contributed by atoms with E-state index in [9.17, 15) is 9.90 Å². The van der Waals surface area contributed by atoms with Crippen molar-refractivity contribution in [3.05, 3.63) is 71.1 Å². The number of aromatic hydroxyl groups is 1. The Hall–Kier alpha value is -3.10. The molecule has 0 aliphatic heterocycles. The lowest BCUT2D eigenvalue weighted by Gasteiger charge is -2.03. The van der Waals surface area contributed by atoms with Gasteiger partial charge < -0.3 is 10.4 Å². The highest BCUT2D eigenvalue weighted by molar-refractivity contribution is 7.17. The van der Waals surface area contributed by atoms with Crippen molar-refractivity contribution in [1.29, 1.82) is 5.26 Å². The number of hydrogen-bond acceptors (Lipinski definition) is 4. The number of anilines is 1. The zero-order chi connectivity index (χ0) is 16.2.